The Bertz CT molecular complexity index is 1210. The van der Waals surface area contributed by atoms with Crippen molar-refractivity contribution >= 4 is 34.4 Å². The molecule has 3 heterocycles. The molecule has 3 aromatic rings. The lowest BCUT2D eigenvalue weighted by molar-refractivity contribution is 0.0692. The number of hydrogen-bond donors (Lipinski definition) is 1. The normalized spacial score (nSPS) is 13.6. The number of pyridine rings is 1. The summed E-state index contributed by atoms with van der Waals surface area (Å²) in [5.74, 6) is -0.905. The summed E-state index contributed by atoms with van der Waals surface area (Å²) in [4.78, 5) is 43.3. The quantitative estimate of drug-likeness (QED) is 0.669. The predicted octanol–water partition coefficient (Wildman–Crippen LogP) is 3.61. The highest BCUT2D eigenvalue weighted by molar-refractivity contribution is 6.22. The third kappa shape index (κ3) is 3.04. The van der Waals surface area contributed by atoms with Crippen molar-refractivity contribution in [2.45, 2.75) is 39.7 Å². The molecule has 8 nitrogen and oxygen atoms in total. The van der Waals surface area contributed by atoms with E-state index in [0.717, 1.165) is 10.6 Å². The van der Waals surface area contributed by atoms with Crippen LogP contribution in [0.2, 0.25) is 0 Å². The summed E-state index contributed by atoms with van der Waals surface area (Å²) in [6, 6.07) is 6.61. The second-order valence-electron chi connectivity index (χ2n) is 8.05. The highest BCUT2D eigenvalue weighted by Gasteiger charge is 2.33. The van der Waals surface area contributed by atoms with E-state index >= 15 is 0 Å². The van der Waals surface area contributed by atoms with Crippen LogP contribution in [0.4, 0.5) is 5.69 Å². The maximum Gasteiger partial charge on any atom is 0.261 e. The fraction of sp³-hybridized carbons (Fsp3) is 0.318. The van der Waals surface area contributed by atoms with Crippen molar-refractivity contribution in [2.75, 3.05) is 12.4 Å². The van der Waals surface area contributed by atoms with E-state index < -0.39 is 0 Å². The van der Waals surface area contributed by atoms with E-state index in [1.165, 1.54) is 13.1 Å². The summed E-state index contributed by atoms with van der Waals surface area (Å²) in [7, 11) is 1.44. The van der Waals surface area contributed by atoms with Gasteiger partial charge in [-0.15, -0.1) is 0 Å². The minimum absolute atomic E-state index is 0.102. The molecule has 154 valence electrons. The fourth-order valence-electron chi connectivity index (χ4n) is 3.54. The zero-order valence-electron chi connectivity index (χ0n) is 17.6. The molecule has 30 heavy (non-hydrogen) atoms. The number of carbonyl (C=O) groups excluding carboxylic acids is 3. The summed E-state index contributed by atoms with van der Waals surface area (Å²) in [6.07, 6.45) is 1.65. The van der Waals surface area contributed by atoms with Crippen molar-refractivity contribution in [1.29, 1.82) is 0 Å². The van der Waals surface area contributed by atoms with Crippen molar-refractivity contribution in [1.82, 2.24) is 19.7 Å². The van der Waals surface area contributed by atoms with E-state index in [1.807, 2.05) is 27.7 Å². The first-order valence-electron chi connectivity index (χ1n) is 9.85. The molecule has 3 amide bonds. The number of amides is 3. The molecule has 0 saturated heterocycles. The lowest BCUT2D eigenvalue weighted by atomic mass is 10.0. The Balaban J connectivity index is 1.74. The molecule has 0 aliphatic carbocycles. The van der Waals surface area contributed by atoms with E-state index in [0.29, 0.717) is 27.8 Å². The SMILES string of the molecule is CC(C)c1cc(C(=O)Nc2ccc3c(c2)C(=O)N(C)C3=O)c2cnn(C(C)C)c2n1. The lowest BCUT2D eigenvalue weighted by Crippen LogP contribution is -2.24. The number of fused-ring (bicyclic) bond motifs is 2. The van der Waals surface area contributed by atoms with Crippen LogP contribution in [0.3, 0.4) is 0 Å². The molecule has 0 saturated carbocycles. The van der Waals surface area contributed by atoms with Crippen LogP contribution in [0.1, 0.15) is 76.4 Å². The number of rotatable bonds is 4. The topological polar surface area (TPSA) is 97.2 Å². The van der Waals surface area contributed by atoms with E-state index in [4.69, 9.17) is 4.98 Å². The molecule has 1 N–H and O–H groups in total. The van der Waals surface area contributed by atoms with Gasteiger partial charge in [-0.25, -0.2) is 9.67 Å². The summed E-state index contributed by atoms with van der Waals surface area (Å²) in [6.45, 7) is 8.06. The Labute approximate surface area is 173 Å². The number of nitrogens with one attached hydrogen (secondary N) is 1. The van der Waals surface area contributed by atoms with Crippen molar-refractivity contribution in [3.8, 4) is 0 Å². The van der Waals surface area contributed by atoms with E-state index in [2.05, 4.69) is 10.4 Å². The third-order valence-electron chi connectivity index (χ3n) is 5.26. The molecule has 0 unspecified atom stereocenters. The molecule has 0 bridgehead atoms. The number of benzene rings is 1. The zero-order chi connectivity index (χ0) is 21.7. The maximum atomic E-state index is 13.2. The average molecular weight is 405 g/mol. The van der Waals surface area contributed by atoms with Crippen molar-refractivity contribution in [3.05, 3.63) is 52.8 Å². The molecule has 1 aromatic carbocycles. The molecule has 0 fully saturated rings. The summed E-state index contributed by atoms with van der Waals surface area (Å²) in [5.41, 5.74) is 3.00. The van der Waals surface area contributed by atoms with Gasteiger partial charge in [0.15, 0.2) is 5.65 Å². The van der Waals surface area contributed by atoms with Crippen LogP contribution in [0, 0.1) is 0 Å². The Morgan fingerprint density at radius 3 is 2.40 bits per heavy atom. The second-order valence-corrected chi connectivity index (χ2v) is 8.05. The lowest BCUT2D eigenvalue weighted by Gasteiger charge is -2.12. The van der Waals surface area contributed by atoms with Gasteiger partial charge in [0.1, 0.15) is 0 Å². The van der Waals surface area contributed by atoms with Gasteiger partial charge in [-0.3, -0.25) is 19.3 Å². The van der Waals surface area contributed by atoms with Gasteiger partial charge in [0.2, 0.25) is 0 Å². The molecule has 4 rings (SSSR count). The molecule has 1 aliphatic rings. The Kier molecular flexibility index (Phi) is 4.64. The van der Waals surface area contributed by atoms with Gasteiger partial charge in [0.05, 0.1) is 28.3 Å². The first kappa shape index (κ1) is 19.8. The first-order chi connectivity index (χ1) is 14.2. The van der Waals surface area contributed by atoms with Crippen LogP contribution in [-0.4, -0.2) is 44.4 Å². The Morgan fingerprint density at radius 1 is 1.03 bits per heavy atom. The highest BCUT2D eigenvalue weighted by atomic mass is 16.2. The van der Waals surface area contributed by atoms with Gasteiger partial charge >= 0.3 is 0 Å². The predicted molar refractivity (Wildman–Crippen MR) is 113 cm³/mol. The molecule has 2 aromatic heterocycles. The molecule has 0 atom stereocenters. The second kappa shape index (κ2) is 7.05. The minimum Gasteiger partial charge on any atom is -0.322 e. The number of nitrogens with zero attached hydrogens (tertiary/aromatic N) is 4. The van der Waals surface area contributed by atoms with Gasteiger partial charge in [-0.1, -0.05) is 13.8 Å². The van der Waals surface area contributed by atoms with Gasteiger partial charge < -0.3 is 5.32 Å². The third-order valence-corrected chi connectivity index (χ3v) is 5.26. The number of hydrogen-bond acceptors (Lipinski definition) is 5. The summed E-state index contributed by atoms with van der Waals surface area (Å²) in [5, 5.41) is 7.92. The summed E-state index contributed by atoms with van der Waals surface area (Å²) >= 11 is 0. The largest absolute Gasteiger partial charge is 0.322 e. The monoisotopic (exact) mass is 405 g/mol. The smallest absolute Gasteiger partial charge is 0.261 e. The van der Waals surface area contributed by atoms with Crippen LogP contribution in [0.5, 0.6) is 0 Å². The Morgan fingerprint density at radius 2 is 1.73 bits per heavy atom. The van der Waals surface area contributed by atoms with Crippen molar-refractivity contribution in [3.63, 3.8) is 0 Å². The standard InChI is InChI=1S/C22H23N5O3/c1-11(2)18-9-15(17-10-23-27(12(3)4)19(17)25-18)20(28)24-13-6-7-14-16(8-13)22(30)26(5)21(14)29/h6-12H,1-5H3,(H,24,28). The van der Waals surface area contributed by atoms with E-state index in [1.54, 1.807) is 29.1 Å². The fourth-order valence-corrected chi connectivity index (χ4v) is 3.54. The highest BCUT2D eigenvalue weighted by Crippen LogP contribution is 2.27. The number of carbonyl (C=O) groups is 3. The van der Waals surface area contributed by atoms with Crippen LogP contribution in [-0.2, 0) is 0 Å². The average Bonchev–Trinajstić information content (AvgIpc) is 3.23. The molecular weight excluding hydrogens is 382 g/mol. The summed E-state index contributed by atoms with van der Waals surface area (Å²) < 4.78 is 1.80. The van der Waals surface area contributed by atoms with Gasteiger partial charge in [0.25, 0.3) is 17.7 Å². The van der Waals surface area contributed by atoms with Crippen LogP contribution < -0.4 is 5.32 Å². The van der Waals surface area contributed by atoms with E-state index in [-0.39, 0.29) is 35.2 Å². The first-order valence-corrected chi connectivity index (χ1v) is 9.85. The number of anilines is 1. The van der Waals surface area contributed by atoms with E-state index in [9.17, 15) is 14.4 Å². The van der Waals surface area contributed by atoms with Crippen LogP contribution >= 0.6 is 0 Å². The number of imide groups is 1. The Hall–Kier alpha value is -3.55. The molecule has 1 aliphatic heterocycles. The van der Waals surface area contributed by atoms with Gasteiger partial charge in [-0.2, -0.15) is 5.10 Å². The van der Waals surface area contributed by atoms with Gasteiger partial charge in [0, 0.05) is 24.5 Å². The molecule has 0 radical (unpaired) electrons. The van der Waals surface area contributed by atoms with Crippen molar-refractivity contribution in [2.24, 2.45) is 0 Å². The number of aromatic nitrogens is 3. The maximum absolute atomic E-state index is 13.2. The molecule has 0 spiro atoms. The van der Waals surface area contributed by atoms with Crippen LogP contribution in [0.15, 0.2) is 30.5 Å². The molecular formula is C22H23N5O3. The van der Waals surface area contributed by atoms with Crippen LogP contribution in [0.25, 0.3) is 11.0 Å². The molecule has 8 heteroatoms. The van der Waals surface area contributed by atoms with Crippen molar-refractivity contribution < 1.29 is 14.4 Å². The van der Waals surface area contributed by atoms with Gasteiger partial charge in [-0.05, 0) is 44.0 Å². The zero-order valence-corrected chi connectivity index (χ0v) is 17.6. The minimum atomic E-state index is -0.377.